The Labute approximate surface area is 141 Å². The summed E-state index contributed by atoms with van der Waals surface area (Å²) in [5.41, 5.74) is 12.2. The van der Waals surface area contributed by atoms with Crippen LogP contribution in [0.25, 0.3) is 11.3 Å². The first kappa shape index (κ1) is 15.9. The molecule has 3 rings (SSSR count). The van der Waals surface area contributed by atoms with Crippen molar-refractivity contribution < 1.29 is 9.53 Å². The molecule has 0 atom stereocenters. The Bertz CT molecular complexity index is 881. The zero-order valence-corrected chi connectivity index (χ0v) is 13.8. The number of hydrogen-bond donors (Lipinski definition) is 2. The van der Waals surface area contributed by atoms with Crippen LogP contribution >= 0.6 is 0 Å². The van der Waals surface area contributed by atoms with Gasteiger partial charge in [-0.15, -0.1) is 0 Å². The normalized spacial score (nSPS) is 10.6. The average Bonchev–Trinajstić information content (AvgIpc) is 2.99. The van der Waals surface area contributed by atoms with Crippen LogP contribution in [-0.4, -0.2) is 11.0 Å². The van der Waals surface area contributed by atoms with Gasteiger partial charge in [-0.3, -0.25) is 4.79 Å². The number of carbonyl (C=O) groups is 1. The highest BCUT2D eigenvalue weighted by Gasteiger charge is 2.07. The first-order valence-electron chi connectivity index (χ1n) is 7.83. The molecule has 3 N–H and O–H groups in total. The molecule has 0 saturated heterocycles. The van der Waals surface area contributed by atoms with E-state index in [1.54, 1.807) is 6.07 Å². The van der Waals surface area contributed by atoms with Gasteiger partial charge in [-0.05, 0) is 42.8 Å². The Kier molecular flexibility index (Phi) is 4.38. The van der Waals surface area contributed by atoms with Crippen LogP contribution in [-0.2, 0) is 11.2 Å². The molecule has 1 aromatic heterocycles. The van der Waals surface area contributed by atoms with Crippen LogP contribution in [0.15, 0.2) is 54.6 Å². The van der Waals surface area contributed by atoms with E-state index in [-0.39, 0.29) is 5.97 Å². The van der Waals surface area contributed by atoms with Crippen molar-refractivity contribution in [2.24, 2.45) is 0 Å². The molecule has 0 bridgehead atoms. The molecule has 3 aromatic rings. The van der Waals surface area contributed by atoms with Crippen molar-refractivity contribution in [2.45, 2.75) is 20.3 Å². The molecule has 2 aromatic carbocycles. The van der Waals surface area contributed by atoms with Crippen molar-refractivity contribution >= 4 is 11.7 Å². The fourth-order valence-electron chi connectivity index (χ4n) is 2.70. The lowest BCUT2D eigenvalue weighted by atomic mass is 10.1. The molecule has 122 valence electrons. The van der Waals surface area contributed by atoms with E-state index >= 15 is 0 Å². The Morgan fingerprint density at radius 1 is 1.12 bits per heavy atom. The second-order valence-electron chi connectivity index (χ2n) is 5.90. The highest BCUT2D eigenvalue weighted by molar-refractivity contribution is 5.70. The topological polar surface area (TPSA) is 68.1 Å². The minimum absolute atomic E-state index is 0.325. The number of benzene rings is 2. The van der Waals surface area contributed by atoms with Gasteiger partial charge in [0.05, 0.1) is 0 Å². The summed E-state index contributed by atoms with van der Waals surface area (Å²) < 4.78 is 5.14. The van der Waals surface area contributed by atoms with E-state index in [1.807, 2.05) is 36.4 Å². The predicted octanol–water partition coefficient (Wildman–Crippen LogP) is 4.09. The fourth-order valence-corrected chi connectivity index (χ4v) is 2.70. The SMILES string of the molecule is CC(=O)Oc1cccc(-c2ccc(Cc3cc(C)ccc3N)[nH]2)c1. The number of hydrogen-bond acceptors (Lipinski definition) is 3. The second-order valence-corrected chi connectivity index (χ2v) is 5.90. The third-order valence-corrected chi connectivity index (χ3v) is 3.83. The molecular formula is C20H20N2O2. The number of H-pyrrole nitrogens is 1. The van der Waals surface area contributed by atoms with E-state index in [4.69, 9.17) is 10.5 Å². The van der Waals surface area contributed by atoms with E-state index in [2.05, 4.69) is 24.0 Å². The van der Waals surface area contributed by atoms with Gasteiger partial charge in [0.1, 0.15) is 5.75 Å². The molecule has 4 nitrogen and oxygen atoms in total. The monoisotopic (exact) mass is 320 g/mol. The predicted molar refractivity (Wildman–Crippen MR) is 95.9 cm³/mol. The van der Waals surface area contributed by atoms with Crippen LogP contribution in [0.2, 0.25) is 0 Å². The molecule has 0 unspecified atom stereocenters. The lowest BCUT2D eigenvalue weighted by Gasteiger charge is -2.06. The smallest absolute Gasteiger partial charge is 0.308 e. The Balaban J connectivity index is 1.83. The minimum atomic E-state index is -0.325. The van der Waals surface area contributed by atoms with Crippen molar-refractivity contribution in [1.29, 1.82) is 0 Å². The molecule has 0 saturated carbocycles. The molecule has 24 heavy (non-hydrogen) atoms. The molecule has 0 amide bonds. The maximum atomic E-state index is 11.1. The molecule has 0 aliphatic carbocycles. The van der Waals surface area contributed by atoms with Crippen LogP contribution < -0.4 is 10.5 Å². The zero-order chi connectivity index (χ0) is 17.1. The number of anilines is 1. The average molecular weight is 320 g/mol. The highest BCUT2D eigenvalue weighted by Crippen LogP contribution is 2.25. The number of nitrogens with two attached hydrogens (primary N) is 1. The maximum absolute atomic E-state index is 11.1. The third kappa shape index (κ3) is 3.66. The highest BCUT2D eigenvalue weighted by atomic mass is 16.5. The summed E-state index contributed by atoms with van der Waals surface area (Å²) in [5, 5.41) is 0. The Morgan fingerprint density at radius 2 is 1.96 bits per heavy atom. The minimum Gasteiger partial charge on any atom is -0.427 e. The summed E-state index contributed by atoms with van der Waals surface area (Å²) in [6, 6.07) is 17.6. The lowest BCUT2D eigenvalue weighted by molar-refractivity contribution is -0.131. The van der Waals surface area contributed by atoms with Gasteiger partial charge in [0.15, 0.2) is 0 Å². The molecule has 0 aliphatic heterocycles. The van der Waals surface area contributed by atoms with Crippen LogP contribution in [0.1, 0.15) is 23.7 Å². The quantitative estimate of drug-likeness (QED) is 0.432. The van der Waals surface area contributed by atoms with Crippen molar-refractivity contribution in [3.63, 3.8) is 0 Å². The number of rotatable bonds is 4. The largest absolute Gasteiger partial charge is 0.427 e. The number of aromatic nitrogens is 1. The van der Waals surface area contributed by atoms with Crippen LogP contribution in [0.4, 0.5) is 5.69 Å². The summed E-state index contributed by atoms with van der Waals surface area (Å²) in [6.07, 6.45) is 0.747. The summed E-state index contributed by atoms with van der Waals surface area (Å²) in [5.74, 6) is 0.216. The van der Waals surface area contributed by atoms with Gasteiger partial charge in [-0.25, -0.2) is 0 Å². The van der Waals surface area contributed by atoms with Crippen LogP contribution in [0.3, 0.4) is 0 Å². The van der Waals surface area contributed by atoms with Gasteiger partial charge in [0.25, 0.3) is 0 Å². The summed E-state index contributed by atoms with van der Waals surface area (Å²) in [6.45, 7) is 3.45. The first-order valence-corrected chi connectivity index (χ1v) is 7.83. The molecular weight excluding hydrogens is 300 g/mol. The van der Waals surface area contributed by atoms with Gasteiger partial charge in [-0.2, -0.15) is 0 Å². The molecule has 1 heterocycles. The third-order valence-electron chi connectivity index (χ3n) is 3.83. The molecule has 0 fully saturated rings. The number of nitrogen functional groups attached to an aromatic ring is 1. The molecule has 0 aliphatic rings. The molecule has 4 heteroatoms. The zero-order valence-electron chi connectivity index (χ0n) is 13.8. The van der Waals surface area contributed by atoms with Gasteiger partial charge < -0.3 is 15.5 Å². The van der Waals surface area contributed by atoms with Gasteiger partial charge in [-0.1, -0.05) is 29.8 Å². The second kappa shape index (κ2) is 6.62. The van der Waals surface area contributed by atoms with E-state index in [1.165, 1.54) is 12.5 Å². The maximum Gasteiger partial charge on any atom is 0.308 e. The van der Waals surface area contributed by atoms with Crippen molar-refractivity contribution in [3.8, 4) is 17.0 Å². The number of aryl methyl sites for hydroxylation is 1. The lowest BCUT2D eigenvalue weighted by Crippen LogP contribution is -2.01. The number of nitrogens with one attached hydrogen (secondary N) is 1. The molecule has 0 spiro atoms. The summed E-state index contributed by atoms with van der Waals surface area (Å²) in [7, 11) is 0. The van der Waals surface area contributed by atoms with Gasteiger partial charge in [0, 0.05) is 36.0 Å². The van der Waals surface area contributed by atoms with Crippen molar-refractivity contribution in [1.82, 2.24) is 4.98 Å². The summed E-state index contributed by atoms with van der Waals surface area (Å²) in [4.78, 5) is 14.5. The first-order chi connectivity index (χ1) is 11.5. The van der Waals surface area contributed by atoms with Crippen LogP contribution in [0.5, 0.6) is 5.75 Å². The van der Waals surface area contributed by atoms with Crippen molar-refractivity contribution in [2.75, 3.05) is 5.73 Å². The molecule has 0 radical (unpaired) electrons. The van der Waals surface area contributed by atoms with E-state index in [0.717, 1.165) is 34.6 Å². The number of carbonyl (C=O) groups excluding carboxylic acids is 1. The van der Waals surface area contributed by atoms with Gasteiger partial charge in [0.2, 0.25) is 0 Å². The standard InChI is InChI=1S/C20H20N2O2/c1-13-6-8-19(21)16(10-13)11-17-7-9-20(22-17)15-4-3-5-18(12-15)24-14(2)23/h3-10,12,22H,11,21H2,1-2H3. The van der Waals surface area contributed by atoms with E-state index in [0.29, 0.717) is 5.75 Å². The van der Waals surface area contributed by atoms with E-state index in [9.17, 15) is 4.79 Å². The summed E-state index contributed by atoms with van der Waals surface area (Å²) >= 11 is 0. The van der Waals surface area contributed by atoms with Crippen LogP contribution in [0, 0.1) is 6.92 Å². The number of aromatic amines is 1. The Hall–Kier alpha value is -3.01. The van der Waals surface area contributed by atoms with Crippen molar-refractivity contribution in [3.05, 3.63) is 71.4 Å². The Morgan fingerprint density at radius 3 is 2.75 bits per heavy atom. The fraction of sp³-hybridized carbons (Fsp3) is 0.150. The van der Waals surface area contributed by atoms with Gasteiger partial charge >= 0.3 is 5.97 Å². The number of ether oxygens (including phenoxy) is 1. The number of esters is 1. The van der Waals surface area contributed by atoms with E-state index < -0.39 is 0 Å².